The minimum absolute atomic E-state index is 0.0207. The maximum atomic E-state index is 10.7. The second-order valence-corrected chi connectivity index (χ2v) is 2.79. The Kier molecular flexibility index (Phi) is 2.10. The van der Waals surface area contributed by atoms with Gasteiger partial charge < -0.3 is 19.9 Å². The molecule has 14 heavy (non-hydrogen) atoms. The fraction of sp³-hybridized carbons (Fsp3) is 0.250. The number of rotatable bonds is 2. The Morgan fingerprint density at radius 1 is 1.43 bits per heavy atom. The van der Waals surface area contributed by atoms with Gasteiger partial charge in [-0.15, -0.1) is 0 Å². The van der Waals surface area contributed by atoms with E-state index in [0.717, 1.165) is 0 Å². The summed E-state index contributed by atoms with van der Waals surface area (Å²) >= 11 is 0. The summed E-state index contributed by atoms with van der Waals surface area (Å²) in [6.07, 6.45) is 0. The van der Waals surface area contributed by atoms with Crippen molar-refractivity contribution >= 4 is 0 Å². The predicted octanol–water partition coefficient (Wildman–Crippen LogP) is 1.27. The van der Waals surface area contributed by atoms with Gasteiger partial charge >= 0.3 is 0 Å². The summed E-state index contributed by atoms with van der Waals surface area (Å²) in [6, 6.07) is 5.10. The van der Waals surface area contributed by atoms with E-state index in [1.54, 1.807) is 18.2 Å². The van der Waals surface area contributed by atoms with Crippen LogP contribution >= 0.6 is 0 Å². The van der Waals surface area contributed by atoms with Gasteiger partial charge in [-0.25, -0.2) is 0 Å². The molecule has 1 aliphatic rings. The van der Waals surface area contributed by atoms with Gasteiger partial charge in [-0.05, 0) is 18.2 Å². The van der Waals surface area contributed by atoms with Gasteiger partial charge in [-0.2, -0.15) is 0 Å². The van der Waals surface area contributed by atoms with Crippen LogP contribution in [0.5, 0.6) is 11.5 Å². The Morgan fingerprint density at radius 3 is 3.00 bits per heavy atom. The highest BCUT2D eigenvalue weighted by molar-refractivity contribution is 5.44. The van der Waals surface area contributed by atoms with Crippen LogP contribution < -0.4 is 9.47 Å². The first-order valence-electron chi connectivity index (χ1n) is 3.98. The third kappa shape index (κ3) is 1.54. The maximum absolute atomic E-state index is 10.7. The van der Waals surface area contributed by atoms with Crippen molar-refractivity contribution in [1.82, 2.24) is 0 Å². The molecule has 1 aliphatic heterocycles. The van der Waals surface area contributed by atoms with Gasteiger partial charge in [0.25, 0.3) is 0 Å². The van der Waals surface area contributed by atoms with Crippen molar-refractivity contribution in [1.29, 1.82) is 0 Å². The first-order valence-corrected chi connectivity index (χ1v) is 3.98. The molecule has 1 N–H and O–H groups in total. The molecule has 0 fully saturated rings. The van der Waals surface area contributed by atoms with Gasteiger partial charge in [-0.1, -0.05) is 4.86 Å². The average molecular weight is 196 g/mol. The Bertz CT molecular complexity index is 378. The third-order valence-corrected chi connectivity index (χ3v) is 1.85. The largest absolute Gasteiger partial charge is 0.597 e. The summed E-state index contributed by atoms with van der Waals surface area (Å²) in [6.45, 7) is 0.178. The number of nitrogens with zero attached hydrogens (tertiary/aromatic N) is 2. The number of ether oxygens (including phenoxy) is 2. The molecule has 0 spiro atoms. The third-order valence-electron chi connectivity index (χ3n) is 1.85. The Hall–Kier alpha value is -1.98. The molecule has 0 aromatic heterocycles. The standard InChI is InChI=1S/C8H8N2O4/c11-9-10(12)4-6-1-2-7-8(3-6)14-5-13-7/h1-3,11H,4-5H2. The van der Waals surface area contributed by atoms with Crippen molar-refractivity contribution in [3.05, 3.63) is 29.0 Å². The lowest BCUT2D eigenvalue weighted by Crippen LogP contribution is -1.99. The van der Waals surface area contributed by atoms with Crippen molar-refractivity contribution in [2.75, 3.05) is 6.79 Å². The Labute approximate surface area is 79.5 Å². The van der Waals surface area contributed by atoms with E-state index in [1.807, 2.05) is 0 Å². The minimum atomic E-state index is -0.0207. The maximum Gasteiger partial charge on any atom is 0.231 e. The van der Waals surface area contributed by atoms with Gasteiger partial charge in [0.05, 0.1) is 0 Å². The van der Waals surface area contributed by atoms with Crippen LogP contribution in [-0.2, 0) is 6.54 Å². The van der Waals surface area contributed by atoms with Crippen molar-refractivity contribution in [3.63, 3.8) is 0 Å². The van der Waals surface area contributed by atoms with Crippen LogP contribution in [0.1, 0.15) is 5.56 Å². The molecule has 0 radical (unpaired) electrons. The molecule has 0 unspecified atom stereocenters. The molecule has 2 rings (SSSR count). The van der Waals surface area contributed by atoms with Crippen LogP contribution in [0.3, 0.4) is 0 Å². The number of benzene rings is 1. The quantitative estimate of drug-likeness (QED) is 0.439. The number of hydroxylamine groups is 1. The van der Waals surface area contributed by atoms with Gasteiger partial charge in [0.2, 0.25) is 13.3 Å². The molecule has 1 heterocycles. The smallest absolute Gasteiger partial charge is 0.231 e. The second-order valence-electron chi connectivity index (χ2n) is 2.79. The highest BCUT2D eigenvalue weighted by Crippen LogP contribution is 2.32. The van der Waals surface area contributed by atoms with E-state index in [1.165, 1.54) is 0 Å². The van der Waals surface area contributed by atoms with E-state index in [4.69, 9.17) is 14.7 Å². The van der Waals surface area contributed by atoms with Gasteiger partial charge in [0.1, 0.15) is 0 Å². The molecule has 1 aromatic carbocycles. The minimum Gasteiger partial charge on any atom is -0.597 e. The zero-order valence-corrected chi connectivity index (χ0v) is 7.21. The molecular weight excluding hydrogens is 188 g/mol. The molecule has 0 aliphatic carbocycles. The normalized spacial score (nSPS) is 14.4. The topological polar surface area (TPSA) is 77.1 Å². The predicted molar refractivity (Wildman–Crippen MR) is 44.1 cm³/mol. The SMILES string of the molecule is [O-][N+](Cc1ccc2c(c1)OCO2)=NO. The molecule has 0 saturated carbocycles. The van der Waals surface area contributed by atoms with Crippen molar-refractivity contribution in [2.24, 2.45) is 5.28 Å². The van der Waals surface area contributed by atoms with E-state index in [2.05, 4.69) is 5.28 Å². The first kappa shape index (κ1) is 8.61. The van der Waals surface area contributed by atoms with Crippen molar-refractivity contribution in [3.8, 4) is 11.5 Å². The Morgan fingerprint density at radius 2 is 2.21 bits per heavy atom. The van der Waals surface area contributed by atoms with Crippen LogP contribution in [0, 0.1) is 5.21 Å². The molecular formula is C8H8N2O4. The van der Waals surface area contributed by atoms with Gasteiger partial charge in [0.15, 0.2) is 16.8 Å². The highest BCUT2D eigenvalue weighted by atomic mass is 16.7. The summed E-state index contributed by atoms with van der Waals surface area (Å²) in [5.74, 6) is 1.26. The van der Waals surface area contributed by atoms with Gasteiger partial charge in [0, 0.05) is 5.56 Å². The Balaban J connectivity index is 2.21. The second kappa shape index (κ2) is 3.41. The first-order chi connectivity index (χ1) is 6.79. The van der Waals surface area contributed by atoms with Crippen LogP contribution in [0.15, 0.2) is 23.5 Å². The van der Waals surface area contributed by atoms with Crippen molar-refractivity contribution < 1.29 is 19.5 Å². The molecule has 74 valence electrons. The van der Waals surface area contributed by atoms with E-state index in [0.29, 0.717) is 17.1 Å². The molecule has 0 amide bonds. The summed E-state index contributed by atoms with van der Waals surface area (Å²) in [5, 5.41) is 21.4. The number of hydrogen-bond acceptors (Lipinski definition) is 4. The molecule has 6 heteroatoms. The van der Waals surface area contributed by atoms with E-state index < -0.39 is 0 Å². The van der Waals surface area contributed by atoms with Crippen molar-refractivity contribution in [2.45, 2.75) is 6.54 Å². The number of hydrogen-bond donors (Lipinski definition) is 1. The van der Waals surface area contributed by atoms with Crippen LogP contribution in [0.25, 0.3) is 0 Å². The summed E-state index contributed by atoms with van der Waals surface area (Å²) in [4.78, 5) is 0.178. The lowest BCUT2D eigenvalue weighted by atomic mass is 10.2. The summed E-state index contributed by atoms with van der Waals surface area (Å²) < 4.78 is 10.2. The van der Waals surface area contributed by atoms with E-state index >= 15 is 0 Å². The molecule has 0 atom stereocenters. The fourth-order valence-electron chi connectivity index (χ4n) is 1.23. The average Bonchev–Trinajstić information content (AvgIpc) is 2.64. The molecule has 1 aromatic rings. The summed E-state index contributed by atoms with van der Waals surface area (Å²) in [5.41, 5.74) is 0.696. The van der Waals surface area contributed by atoms with E-state index in [-0.39, 0.29) is 18.2 Å². The number of fused-ring (bicyclic) bond motifs is 1. The zero-order valence-electron chi connectivity index (χ0n) is 7.21. The lowest BCUT2D eigenvalue weighted by molar-refractivity contribution is -0.570. The van der Waals surface area contributed by atoms with Gasteiger partial charge in [-0.3, -0.25) is 0 Å². The van der Waals surface area contributed by atoms with Crippen LogP contribution in [0.4, 0.5) is 0 Å². The fourth-order valence-corrected chi connectivity index (χ4v) is 1.23. The monoisotopic (exact) mass is 196 g/mol. The molecule has 6 nitrogen and oxygen atoms in total. The van der Waals surface area contributed by atoms with E-state index in [9.17, 15) is 5.21 Å². The van der Waals surface area contributed by atoms with Crippen LogP contribution in [0.2, 0.25) is 0 Å². The summed E-state index contributed by atoms with van der Waals surface area (Å²) in [7, 11) is 0. The molecule has 0 saturated heterocycles. The van der Waals surface area contributed by atoms with Crippen LogP contribution in [-0.4, -0.2) is 16.9 Å². The zero-order chi connectivity index (χ0) is 9.97. The highest BCUT2D eigenvalue weighted by Gasteiger charge is 2.14. The molecule has 0 bridgehead atoms. The lowest BCUT2D eigenvalue weighted by Gasteiger charge is -2.00.